The number of rotatable bonds is 7. The van der Waals surface area contributed by atoms with Crippen molar-refractivity contribution < 1.29 is 23.2 Å². The van der Waals surface area contributed by atoms with Gasteiger partial charge in [0.2, 0.25) is 0 Å². The van der Waals surface area contributed by atoms with Crippen LogP contribution < -0.4 is 10.1 Å². The summed E-state index contributed by atoms with van der Waals surface area (Å²) in [5, 5.41) is 6.90. The molecule has 0 spiro atoms. The van der Waals surface area contributed by atoms with Gasteiger partial charge in [0.15, 0.2) is 11.5 Å². The fourth-order valence-corrected chi connectivity index (χ4v) is 3.36. The number of anilines is 1. The van der Waals surface area contributed by atoms with Gasteiger partial charge in [-0.15, -0.1) is 0 Å². The lowest BCUT2D eigenvalue weighted by Crippen LogP contribution is -2.18. The van der Waals surface area contributed by atoms with Crippen molar-refractivity contribution in [2.75, 3.05) is 5.32 Å². The molecule has 0 saturated carbocycles. The minimum Gasteiger partial charge on any atom is -0.489 e. The summed E-state index contributed by atoms with van der Waals surface area (Å²) in [5.74, 6) is -0.636. The molecule has 0 aliphatic heterocycles. The maximum atomic E-state index is 13.4. The van der Waals surface area contributed by atoms with Crippen LogP contribution in [0.5, 0.6) is 5.75 Å². The Bertz CT molecular complexity index is 1320. The largest absolute Gasteiger partial charge is 0.489 e. The highest BCUT2D eigenvalue weighted by atomic mass is 35.5. The zero-order valence-electron chi connectivity index (χ0n) is 17.5. The predicted molar refractivity (Wildman–Crippen MR) is 121 cm³/mol. The summed E-state index contributed by atoms with van der Waals surface area (Å²) in [6, 6.07) is 18.9. The van der Waals surface area contributed by atoms with E-state index in [-0.39, 0.29) is 29.3 Å². The second-order valence-electron chi connectivity index (χ2n) is 7.15. The number of halogens is 2. The highest BCUT2D eigenvalue weighted by molar-refractivity contribution is 6.31. The fourth-order valence-electron chi connectivity index (χ4n) is 3.19. The molecule has 0 aliphatic carbocycles. The van der Waals surface area contributed by atoms with Crippen LogP contribution in [0.25, 0.3) is 0 Å². The van der Waals surface area contributed by atoms with Crippen LogP contribution in [0, 0.1) is 12.7 Å². The van der Waals surface area contributed by atoms with Crippen LogP contribution in [0.15, 0.2) is 77.3 Å². The smallest absolute Gasteiger partial charge is 0.278 e. The topological polar surface area (TPSA) is 81.4 Å². The van der Waals surface area contributed by atoms with E-state index in [0.29, 0.717) is 27.7 Å². The normalized spacial score (nSPS) is 10.6. The van der Waals surface area contributed by atoms with Crippen LogP contribution in [0.2, 0.25) is 5.02 Å². The van der Waals surface area contributed by atoms with E-state index in [4.69, 9.17) is 20.9 Å². The molecular formula is C25H18ClFN2O4. The first-order chi connectivity index (χ1) is 15.9. The molecule has 1 aromatic heterocycles. The Balaban J connectivity index is 1.58. The molecule has 0 atom stereocenters. The van der Waals surface area contributed by atoms with E-state index in [9.17, 15) is 14.0 Å². The average Bonchev–Trinajstić information content (AvgIpc) is 3.19. The molecule has 1 N–H and O–H groups in total. The summed E-state index contributed by atoms with van der Waals surface area (Å²) >= 11 is 6.11. The second kappa shape index (κ2) is 9.67. The van der Waals surface area contributed by atoms with Gasteiger partial charge in [-0.1, -0.05) is 53.2 Å². The first-order valence-electron chi connectivity index (χ1n) is 9.96. The highest BCUT2D eigenvalue weighted by Gasteiger charge is 2.23. The molecule has 0 fully saturated rings. The Labute approximate surface area is 193 Å². The van der Waals surface area contributed by atoms with Gasteiger partial charge in [0.25, 0.3) is 5.91 Å². The molecule has 4 aromatic rings. The van der Waals surface area contributed by atoms with Crippen LogP contribution in [0.4, 0.5) is 10.1 Å². The first kappa shape index (κ1) is 22.2. The van der Waals surface area contributed by atoms with Crippen molar-refractivity contribution in [1.82, 2.24) is 5.16 Å². The standard InChI is InChI=1S/C25H18ClFN2O4/c1-15-21(14-32-19-9-5-8-18(27)13-19)23(29-33-15)25(31)28-22-11-10-17(26)12-20(22)24(30)16-6-3-2-4-7-16/h2-13H,14H2,1H3,(H,28,31). The van der Waals surface area contributed by atoms with Crippen molar-refractivity contribution in [3.63, 3.8) is 0 Å². The van der Waals surface area contributed by atoms with Crippen LogP contribution in [0.1, 0.15) is 37.7 Å². The summed E-state index contributed by atoms with van der Waals surface area (Å²) < 4.78 is 24.2. The van der Waals surface area contributed by atoms with Gasteiger partial charge in [0, 0.05) is 22.2 Å². The molecule has 0 radical (unpaired) electrons. The molecule has 0 saturated heterocycles. The number of amides is 1. The van der Waals surface area contributed by atoms with E-state index in [1.165, 1.54) is 24.3 Å². The van der Waals surface area contributed by atoms with E-state index in [0.717, 1.165) is 0 Å². The summed E-state index contributed by atoms with van der Waals surface area (Å²) in [5.41, 5.74) is 1.37. The van der Waals surface area contributed by atoms with Gasteiger partial charge in [-0.05, 0) is 37.3 Å². The van der Waals surface area contributed by atoms with Crippen LogP contribution in [-0.2, 0) is 6.61 Å². The van der Waals surface area contributed by atoms with Crippen LogP contribution in [0.3, 0.4) is 0 Å². The lowest BCUT2D eigenvalue weighted by atomic mass is 10.0. The minimum absolute atomic E-state index is 0.00281. The van der Waals surface area contributed by atoms with Gasteiger partial charge in [-0.2, -0.15) is 0 Å². The van der Waals surface area contributed by atoms with E-state index < -0.39 is 11.7 Å². The molecule has 1 amide bonds. The molecule has 6 nitrogen and oxygen atoms in total. The van der Waals surface area contributed by atoms with Gasteiger partial charge >= 0.3 is 0 Å². The molecular weight excluding hydrogens is 447 g/mol. The Morgan fingerprint density at radius 1 is 1.06 bits per heavy atom. The number of ether oxygens (including phenoxy) is 1. The molecule has 33 heavy (non-hydrogen) atoms. The van der Waals surface area contributed by atoms with Crippen molar-refractivity contribution in [2.24, 2.45) is 0 Å². The zero-order valence-corrected chi connectivity index (χ0v) is 18.2. The number of aryl methyl sites for hydroxylation is 1. The van der Waals surface area contributed by atoms with Crippen molar-refractivity contribution >= 4 is 29.0 Å². The van der Waals surface area contributed by atoms with E-state index >= 15 is 0 Å². The highest BCUT2D eigenvalue weighted by Crippen LogP contribution is 2.25. The third-order valence-corrected chi connectivity index (χ3v) is 5.12. The number of carbonyl (C=O) groups is 2. The Morgan fingerprint density at radius 3 is 2.61 bits per heavy atom. The predicted octanol–water partition coefficient (Wildman–Crippen LogP) is 5.84. The van der Waals surface area contributed by atoms with Crippen molar-refractivity contribution in [3.05, 3.63) is 112 Å². The first-order valence-corrected chi connectivity index (χ1v) is 10.3. The maximum absolute atomic E-state index is 13.4. The molecule has 0 unspecified atom stereocenters. The summed E-state index contributed by atoms with van der Waals surface area (Å²) in [7, 11) is 0. The van der Waals surface area contributed by atoms with E-state index in [2.05, 4.69) is 10.5 Å². The third kappa shape index (κ3) is 5.10. The van der Waals surface area contributed by atoms with Gasteiger partial charge < -0.3 is 14.6 Å². The third-order valence-electron chi connectivity index (χ3n) is 4.89. The van der Waals surface area contributed by atoms with Crippen LogP contribution in [-0.4, -0.2) is 16.8 Å². The van der Waals surface area contributed by atoms with Gasteiger partial charge in [0.05, 0.1) is 11.3 Å². The Hall–Kier alpha value is -3.97. The van der Waals surface area contributed by atoms with Crippen molar-refractivity contribution in [2.45, 2.75) is 13.5 Å². The minimum atomic E-state index is -0.589. The molecule has 0 aliphatic rings. The number of benzene rings is 3. The number of carbonyl (C=O) groups excluding carboxylic acids is 2. The lowest BCUT2D eigenvalue weighted by molar-refractivity contribution is 0.101. The van der Waals surface area contributed by atoms with Gasteiger partial charge in [0.1, 0.15) is 23.9 Å². The lowest BCUT2D eigenvalue weighted by Gasteiger charge is -2.11. The van der Waals surface area contributed by atoms with E-state index in [1.54, 1.807) is 55.5 Å². The molecule has 166 valence electrons. The summed E-state index contributed by atoms with van der Waals surface area (Å²) in [6.07, 6.45) is 0. The summed E-state index contributed by atoms with van der Waals surface area (Å²) in [6.45, 7) is 1.58. The summed E-state index contributed by atoms with van der Waals surface area (Å²) in [4.78, 5) is 26.0. The maximum Gasteiger partial charge on any atom is 0.278 e. The molecule has 8 heteroatoms. The quantitative estimate of drug-likeness (QED) is 0.347. The SMILES string of the molecule is Cc1onc(C(=O)Nc2ccc(Cl)cc2C(=O)c2ccccc2)c1COc1cccc(F)c1. The van der Waals surface area contributed by atoms with Crippen LogP contribution >= 0.6 is 11.6 Å². The second-order valence-corrected chi connectivity index (χ2v) is 7.59. The molecule has 4 rings (SSSR count). The zero-order chi connectivity index (χ0) is 23.4. The number of aromatic nitrogens is 1. The monoisotopic (exact) mass is 464 g/mol. The fraction of sp³-hybridized carbons (Fsp3) is 0.0800. The molecule has 1 heterocycles. The van der Waals surface area contributed by atoms with Crippen molar-refractivity contribution in [1.29, 1.82) is 0 Å². The Kier molecular flexibility index (Phi) is 6.51. The van der Waals surface area contributed by atoms with Gasteiger partial charge in [-0.3, -0.25) is 9.59 Å². The Morgan fingerprint density at radius 2 is 1.85 bits per heavy atom. The molecule has 3 aromatic carbocycles. The average molecular weight is 465 g/mol. The van der Waals surface area contributed by atoms with Crippen molar-refractivity contribution in [3.8, 4) is 5.75 Å². The number of hydrogen-bond acceptors (Lipinski definition) is 5. The number of nitrogens with one attached hydrogen (secondary N) is 1. The van der Waals surface area contributed by atoms with E-state index in [1.807, 2.05) is 0 Å². The molecule has 0 bridgehead atoms. The number of hydrogen-bond donors (Lipinski definition) is 1. The number of nitrogens with zero attached hydrogens (tertiary/aromatic N) is 1. The number of ketones is 1. The van der Waals surface area contributed by atoms with Gasteiger partial charge in [-0.25, -0.2) is 4.39 Å².